The maximum atomic E-state index is 12.4. The molecule has 2 aliphatic heterocycles. The summed E-state index contributed by atoms with van der Waals surface area (Å²) in [6.45, 7) is 7.66. The van der Waals surface area contributed by atoms with Gasteiger partial charge in [0.15, 0.2) is 0 Å². The minimum Gasteiger partial charge on any atom is -0.487 e. The van der Waals surface area contributed by atoms with E-state index >= 15 is 0 Å². The summed E-state index contributed by atoms with van der Waals surface area (Å²) in [6.07, 6.45) is 0.518. The van der Waals surface area contributed by atoms with E-state index in [9.17, 15) is 4.79 Å². The standard InChI is InChI=1S/C25H29NO4/c1-16-13-24(3)21-17(2)25(16,15-29-23(27)26-18-9-5-4-6-10-18)14-28-22(21)19-11-7-8-12-20(19)30-24/h4-12,16-17,21-22H,13-15H2,1-3H3,(H,26,27)/t16-,17+,21+,22+,24+,25+/m0/s1. The largest absolute Gasteiger partial charge is 0.487 e. The Bertz CT molecular complexity index is 947. The Hall–Kier alpha value is -2.53. The van der Waals surface area contributed by atoms with Gasteiger partial charge in [0.2, 0.25) is 0 Å². The van der Waals surface area contributed by atoms with Gasteiger partial charge in [0, 0.05) is 22.6 Å². The number of rotatable bonds is 3. The molecule has 6 atom stereocenters. The van der Waals surface area contributed by atoms with Gasteiger partial charge in [-0.25, -0.2) is 4.79 Å². The molecule has 0 radical (unpaired) electrons. The number of ether oxygens (including phenoxy) is 3. The van der Waals surface area contributed by atoms with Crippen LogP contribution in [0.25, 0.3) is 0 Å². The van der Waals surface area contributed by atoms with Gasteiger partial charge in [0.1, 0.15) is 18.0 Å². The van der Waals surface area contributed by atoms with E-state index in [2.05, 4.69) is 32.2 Å². The molecule has 2 bridgehead atoms. The third-order valence-corrected chi connectivity index (χ3v) is 7.76. The summed E-state index contributed by atoms with van der Waals surface area (Å²) in [5.41, 5.74) is 1.37. The molecule has 0 spiro atoms. The van der Waals surface area contributed by atoms with Crippen LogP contribution in [0.1, 0.15) is 38.9 Å². The van der Waals surface area contributed by atoms with Crippen LogP contribution in [0.5, 0.6) is 5.75 Å². The molecule has 3 aliphatic rings. The van der Waals surface area contributed by atoms with E-state index in [1.807, 2.05) is 48.5 Å². The van der Waals surface area contributed by atoms with Gasteiger partial charge in [-0.15, -0.1) is 0 Å². The second-order valence-corrected chi connectivity index (χ2v) is 9.40. The lowest BCUT2D eigenvalue weighted by Crippen LogP contribution is -2.66. The van der Waals surface area contributed by atoms with E-state index in [1.165, 1.54) is 0 Å². The maximum absolute atomic E-state index is 12.4. The first-order valence-corrected chi connectivity index (χ1v) is 10.8. The number of para-hydroxylation sites is 2. The molecule has 5 rings (SSSR count). The van der Waals surface area contributed by atoms with Crippen LogP contribution in [-0.2, 0) is 9.47 Å². The van der Waals surface area contributed by atoms with Gasteiger partial charge < -0.3 is 14.2 Å². The third kappa shape index (κ3) is 2.90. The number of nitrogens with one attached hydrogen (secondary N) is 1. The van der Waals surface area contributed by atoms with Crippen LogP contribution in [0.2, 0.25) is 0 Å². The van der Waals surface area contributed by atoms with Crippen LogP contribution in [0.3, 0.4) is 0 Å². The van der Waals surface area contributed by atoms with Gasteiger partial charge >= 0.3 is 6.09 Å². The van der Waals surface area contributed by atoms with Crippen molar-refractivity contribution in [2.45, 2.75) is 38.9 Å². The molecule has 0 aromatic heterocycles. The molecule has 2 aromatic rings. The predicted molar refractivity (Wildman–Crippen MR) is 114 cm³/mol. The molecule has 5 nitrogen and oxygen atoms in total. The Morgan fingerprint density at radius 3 is 2.67 bits per heavy atom. The number of anilines is 1. The predicted octanol–water partition coefficient (Wildman–Crippen LogP) is 5.44. The van der Waals surface area contributed by atoms with Crippen molar-refractivity contribution >= 4 is 11.8 Å². The number of carbonyl (C=O) groups is 1. The highest BCUT2D eigenvalue weighted by atomic mass is 16.6. The fourth-order valence-electron chi connectivity index (χ4n) is 6.13. The lowest BCUT2D eigenvalue weighted by atomic mass is 9.50. The van der Waals surface area contributed by atoms with Crippen molar-refractivity contribution in [3.63, 3.8) is 0 Å². The van der Waals surface area contributed by atoms with Crippen LogP contribution >= 0.6 is 0 Å². The van der Waals surface area contributed by atoms with E-state index in [1.54, 1.807) is 0 Å². The molecule has 30 heavy (non-hydrogen) atoms. The zero-order chi connectivity index (χ0) is 20.9. The molecule has 1 saturated carbocycles. The number of hydrogen-bond acceptors (Lipinski definition) is 4. The molecule has 158 valence electrons. The lowest BCUT2D eigenvalue weighted by Gasteiger charge is -2.63. The van der Waals surface area contributed by atoms with Crippen LogP contribution < -0.4 is 10.1 Å². The van der Waals surface area contributed by atoms with E-state index in [-0.39, 0.29) is 23.0 Å². The molecule has 5 heteroatoms. The van der Waals surface area contributed by atoms with Crippen molar-refractivity contribution in [2.75, 3.05) is 18.5 Å². The lowest BCUT2D eigenvalue weighted by molar-refractivity contribution is -0.259. The first kappa shape index (κ1) is 19.4. The number of fused-ring (bicyclic) bond motifs is 3. The fourth-order valence-corrected chi connectivity index (χ4v) is 6.13. The molecule has 0 unspecified atom stereocenters. The minimum absolute atomic E-state index is 0.0220. The fraction of sp³-hybridized carbons (Fsp3) is 0.480. The Morgan fingerprint density at radius 1 is 1.13 bits per heavy atom. The summed E-state index contributed by atoms with van der Waals surface area (Å²) < 4.78 is 18.8. The first-order chi connectivity index (χ1) is 14.4. The summed E-state index contributed by atoms with van der Waals surface area (Å²) in [7, 11) is 0. The Kier molecular flexibility index (Phi) is 4.55. The van der Waals surface area contributed by atoms with E-state index in [0.29, 0.717) is 25.0 Å². The number of amides is 1. The zero-order valence-electron chi connectivity index (χ0n) is 17.8. The molecule has 2 aromatic carbocycles. The van der Waals surface area contributed by atoms with Gasteiger partial charge in [-0.1, -0.05) is 50.2 Å². The smallest absolute Gasteiger partial charge is 0.411 e. The van der Waals surface area contributed by atoms with E-state index < -0.39 is 6.09 Å². The van der Waals surface area contributed by atoms with Gasteiger partial charge in [-0.2, -0.15) is 0 Å². The van der Waals surface area contributed by atoms with Crippen molar-refractivity contribution in [1.82, 2.24) is 0 Å². The number of benzene rings is 2. The summed E-state index contributed by atoms with van der Waals surface area (Å²) in [5.74, 6) is 1.75. The van der Waals surface area contributed by atoms with Gasteiger partial charge in [-0.05, 0) is 43.4 Å². The molecule has 1 aliphatic carbocycles. The molecule has 2 heterocycles. The van der Waals surface area contributed by atoms with Crippen molar-refractivity contribution in [3.05, 3.63) is 60.2 Å². The summed E-state index contributed by atoms with van der Waals surface area (Å²) in [5, 5.41) is 2.82. The number of hydrogen-bond donors (Lipinski definition) is 1. The summed E-state index contributed by atoms with van der Waals surface area (Å²) >= 11 is 0. The van der Waals surface area contributed by atoms with Crippen molar-refractivity contribution in [1.29, 1.82) is 0 Å². The van der Waals surface area contributed by atoms with Crippen LogP contribution in [0, 0.1) is 23.2 Å². The van der Waals surface area contributed by atoms with Crippen molar-refractivity contribution in [2.24, 2.45) is 23.2 Å². The normalized spacial score (nSPS) is 36.2. The summed E-state index contributed by atoms with van der Waals surface area (Å²) in [4.78, 5) is 12.4. The number of carbonyl (C=O) groups excluding carboxylic acids is 1. The molecule has 1 saturated heterocycles. The Balaban J connectivity index is 1.38. The molecule has 1 amide bonds. The highest BCUT2D eigenvalue weighted by molar-refractivity contribution is 5.84. The summed E-state index contributed by atoms with van der Waals surface area (Å²) in [6, 6.07) is 17.6. The minimum atomic E-state index is -0.421. The highest BCUT2D eigenvalue weighted by Crippen LogP contribution is 2.63. The zero-order valence-corrected chi connectivity index (χ0v) is 17.8. The molecule has 2 fully saturated rings. The van der Waals surface area contributed by atoms with Gasteiger partial charge in [0.05, 0.1) is 12.7 Å². The van der Waals surface area contributed by atoms with Crippen LogP contribution in [-0.4, -0.2) is 24.9 Å². The molecular formula is C25H29NO4. The van der Waals surface area contributed by atoms with Gasteiger partial charge in [0.25, 0.3) is 0 Å². The SMILES string of the molecule is C[C@@H]1[C@@H]2[C@@H]3OC[C@@]1(COC(=O)Nc1ccccc1)[C@@H](C)C[C@@]2(C)Oc1ccccc13. The van der Waals surface area contributed by atoms with Crippen LogP contribution in [0.4, 0.5) is 10.5 Å². The van der Waals surface area contributed by atoms with E-state index in [0.717, 1.165) is 23.4 Å². The van der Waals surface area contributed by atoms with Gasteiger partial charge in [-0.3, -0.25) is 5.32 Å². The average Bonchev–Trinajstić information content (AvgIpc) is 2.73. The Labute approximate surface area is 177 Å². The Morgan fingerprint density at radius 2 is 1.87 bits per heavy atom. The third-order valence-electron chi connectivity index (χ3n) is 7.76. The van der Waals surface area contributed by atoms with Crippen LogP contribution in [0.15, 0.2) is 54.6 Å². The quantitative estimate of drug-likeness (QED) is 0.736. The molecular weight excluding hydrogens is 378 g/mol. The maximum Gasteiger partial charge on any atom is 0.411 e. The average molecular weight is 408 g/mol. The van der Waals surface area contributed by atoms with Crippen molar-refractivity contribution < 1.29 is 19.0 Å². The topological polar surface area (TPSA) is 56.8 Å². The second kappa shape index (κ2) is 7.02. The molecule has 1 N–H and O–H groups in total. The highest BCUT2D eigenvalue weighted by Gasteiger charge is 2.64. The van der Waals surface area contributed by atoms with E-state index in [4.69, 9.17) is 14.2 Å². The first-order valence-electron chi connectivity index (χ1n) is 10.8. The monoisotopic (exact) mass is 407 g/mol. The van der Waals surface area contributed by atoms with Crippen molar-refractivity contribution in [3.8, 4) is 5.75 Å². The second-order valence-electron chi connectivity index (χ2n) is 9.40.